The van der Waals surface area contributed by atoms with Crippen molar-refractivity contribution < 1.29 is 9.90 Å². The molecule has 1 heterocycles. The molecular formula is C20H20Cl2N4O2. The van der Waals surface area contributed by atoms with Gasteiger partial charge in [0.25, 0.3) is 0 Å². The maximum Gasteiger partial charge on any atom is 0.196 e. The van der Waals surface area contributed by atoms with E-state index in [2.05, 4.69) is 10.2 Å². The second-order valence-corrected chi connectivity index (χ2v) is 7.39. The van der Waals surface area contributed by atoms with Gasteiger partial charge in [0.2, 0.25) is 0 Å². The first-order chi connectivity index (χ1) is 13.4. The van der Waals surface area contributed by atoms with Crippen LogP contribution in [-0.4, -0.2) is 51.2 Å². The molecule has 0 saturated heterocycles. The van der Waals surface area contributed by atoms with Gasteiger partial charge in [0.1, 0.15) is 12.4 Å². The van der Waals surface area contributed by atoms with Crippen LogP contribution >= 0.6 is 23.2 Å². The van der Waals surface area contributed by atoms with Gasteiger partial charge < -0.3 is 10.0 Å². The summed E-state index contributed by atoms with van der Waals surface area (Å²) in [7, 11) is 3.92. The number of halogens is 2. The van der Waals surface area contributed by atoms with Crippen LogP contribution in [0.3, 0.4) is 0 Å². The van der Waals surface area contributed by atoms with E-state index in [1.165, 1.54) is 0 Å². The second kappa shape index (κ2) is 8.84. The van der Waals surface area contributed by atoms with E-state index in [0.29, 0.717) is 44.9 Å². The number of aliphatic hydroxyl groups is 1. The molecule has 28 heavy (non-hydrogen) atoms. The quantitative estimate of drug-likeness (QED) is 0.595. The van der Waals surface area contributed by atoms with E-state index >= 15 is 0 Å². The summed E-state index contributed by atoms with van der Waals surface area (Å²) in [5.74, 6) is 0.733. The summed E-state index contributed by atoms with van der Waals surface area (Å²) in [6.07, 6.45) is 0.600. The van der Waals surface area contributed by atoms with Crippen LogP contribution in [-0.2, 0) is 13.0 Å². The molecule has 8 heteroatoms. The minimum Gasteiger partial charge on any atom is -0.388 e. The van der Waals surface area contributed by atoms with Crippen molar-refractivity contribution in [3.8, 4) is 5.69 Å². The first kappa shape index (κ1) is 20.5. The Hall–Kier alpha value is -2.25. The maximum absolute atomic E-state index is 13.2. The zero-order valence-electron chi connectivity index (χ0n) is 15.6. The summed E-state index contributed by atoms with van der Waals surface area (Å²) in [4.78, 5) is 15.3. The molecule has 0 unspecified atom stereocenters. The molecule has 1 aromatic heterocycles. The molecule has 0 aliphatic rings. The fourth-order valence-corrected chi connectivity index (χ4v) is 3.29. The summed E-state index contributed by atoms with van der Waals surface area (Å²) in [6, 6.07) is 11.9. The fourth-order valence-electron chi connectivity index (χ4n) is 2.90. The zero-order chi connectivity index (χ0) is 20.3. The number of carbonyl (C=O) groups is 1. The number of aromatic nitrogens is 3. The normalized spacial score (nSPS) is 11.2. The molecule has 0 saturated carbocycles. The molecule has 0 atom stereocenters. The minimum atomic E-state index is -0.308. The Morgan fingerprint density at radius 2 is 1.79 bits per heavy atom. The van der Waals surface area contributed by atoms with Crippen LogP contribution in [0.2, 0.25) is 10.0 Å². The molecule has 2 aromatic carbocycles. The second-order valence-electron chi connectivity index (χ2n) is 6.55. The van der Waals surface area contributed by atoms with Crippen molar-refractivity contribution >= 4 is 29.0 Å². The van der Waals surface area contributed by atoms with Gasteiger partial charge in [-0.2, -0.15) is 0 Å². The van der Waals surface area contributed by atoms with Crippen LogP contribution in [0, 0.1) is 0 Å². The highest BCUT2D eigenvalue weighted by atomic mass is 35.5. The molecule has 146 valence electrons. The summed E-state index contributed by atoms with van der Waals surface area (Å²) < 4.78 is 1.71. The van der Waals surface area contributed by atoms with Gasteiger partial charge in [-0.1, -0.05) is 35.3 Å². The summed E-state index contributed by atoms with van der Waals surface area (Å²) in [5, 5.41) is 18.8. The summed E-state index contributed by atoms with van der Waals surface area (Å²) >= 11 is 12.4. The van der Waals surface area contributed by atoms with Crippen molar-refractivity contribution in [2.45, 2.75) is 13.0 Å². The first-order valence-electron chi connectivity index (χ1n) is 8.70. The lowest BCUT2D eigenvalue weighted by atomic mass is 10.0. The van der Waals surface area contributed by atoms with Crippen molar-refractivity contribution in [3.63, 3.8) is 0 Å². The van der Waals surface area contributed by atoms with Gasteiger partial charge in [-0.05, 0) is 44.4 Å². The fraction of sp³-hybridized carbons (Fsp3) is 0.250. The number of hydrogen-bond donors (Lipinski definition) is 1. The zero-order valence-corrected chi connectivity index (χ0v) is 17.1. The van der Waals surface area contributed by atoms with Crippen molar-refractivity contribution in [2.24, 2.45) is 0 Å². The summed E-state index contributed by atoms with van der Waals surface area (Å²) in [5.41, 5.74) is 1.29. The van der Waals surface area contributed by atoms with E-state index in [0.717, 1.165) is 6.54 Å². The highest BCUT2D eigenvalue weighted by molar-refractivity contribution is 6.35. The molecule has 0 fully saturated rings. The van der Waals surface area contributed by atoms with Gasteiger partial charge in [0, 0.05) is 29.1 Å². The molecule has 0 aliphatic heterocycles. The third kappa shape index (κ3) is 4.25. The van der Waals surface area contributed by atoms with Crippen LogP contribution < -0.4 is 0 Å². The number of likely N-dealkylation sites (N-methyl/N-ethyl adjacent to an activating group) is 1. The average molecular weight is 419 g/mol. The molecule has 3 aromatic rings. The lowest BCUT2D eigenvalue weighted by molar-refractivity contribution is 0.103. The minimum absolute atomic E-state index is 0.265. The van der Waals surface area contributed by atoms with Crippen LogP contribution in [0.25, 0.3) is 5.69 Å². The van der Waals surface area contributed by atoms with E-state index in [9.17, 15) is 9.90 Å². The topological polar surface area (TPSA) is 71.2 Å². The third-order valence-electron chi connectivity index (χ3n) is 4.28. The Morgan fingerprint density at radius 3 is 2.46 bits per heavy atom. The van der Waals surface area contributed by atoms with Crippen molar-refractivity contribution in [1.29, 1.82) is 0 Å². The van der Waals surface area contributed by atoms with Gasteiger partial charge in [-0.3, -0.25) is 9.36 Å². The van der Waals surface area contributed by atoms with E-state index in [1.807, 2.05) is 19.0 Å². The van der Waals surface area contributed by atoms with Crippen LogP contribution in [0.15, 0.2) is 42.5 Å². The van der Waals surface area contributed by atoms with E-state index < -0.39 is 0 Å². The van der Waals surface area contributed by atoms with Gasteiger partial charge >= 0.3 is 0 Å². The Morgan fingerprint density at radius 1 is 1.07 bits per heavy atom. The number of aliphatic hydroxyl groups excluding tert-OH is 1. The molecule has 0 bridgehead atoms. The molecule has 0 radical (unpaired) electrons. The largest absolute Gasteiger partial charge is 0.388 e. The van der Waals surface area contributed by atoms with Crippen molar-refractivity contribution in [3.05, 3.63) is 75.3 Å². The SMILES string of the molecule is CN(C)CCc1nnc(CO)n1-c1ccc(Cl)cc1C(=O)c1ccccc1Cl. The predicted molar refractivity (Wildman–Crippen MR) is 109 cm³/mol. The molecule has 1 N–H and O–H groups in total. The van der Waals surface area contributed by atoms with Gasteiger partial charge in [-0.25, -0.2) is 0 Å². The maximum atomic E-state index is 13.2. The standard InChI is InChI=1S/C20H20Cl2N4O2/c1-25(2)10-9-18-23-24-19(12-27)26(18)17-8-7-13(21)11-15(17)20(28)14-5-3-4-6-16(14)22/h3-8,11,27H,9-10,12H2,1-2H3. The molecule has 0 amide bonds. The van der Waals surface area contributed by atoms with Crippen LogP contribution in [0.4, 0.5) is 0 Å². The number of nitrogens with zero attached hydrogens (tertiary/aromatic N) is 4. The molecule has 6 nitrogen and oxygen atoms in total. The molecule has 0 spiro atoms. The van der Waals surface area contributed by atoms with Crippen molar-refractivity contribution in [1.82, 2.24) is 19.7 Å². The van der Waals surface area contributed by atoms with Gasteiger partial charge in [-0.15, -0.1) is 10.2 Å². The highest BCUT2D eigenvalue weighted by Crippen LogP contribution is 2.27. The number of ketones is 1. The number of hydrogen-bond acceptors (Lipinski definition) is 5. The average Bonchev–Trinajstić information content (AvgIpc) is 3.09. The van der Waals surface area contributed by atoms with E-state index in [4.69, 9.17) is 23.2 Å². The number of carbonyl (C=O) groups excluding carboxylic acids is 1. The predicted octanol–water partition coefficient (Wildman–Crippen LogP) is 3.40. The van der Waals surface area contributed by atoms with Crippen molar-refractivity contribution in [2.75, 3.05) is 20.6 Å². The number of benzene rings is 2. The van der Waals surface area contributed by atoms with Gasteiger partial charge in [0.15, 0.2) is 11.6 Å². The Labute approximate surface area is 173 Å². The summed E-state index contributed by atoms with van der Waals surface area (Å²) in [6.45, 7) is 0.433. The first-order valence-corrected chi connectivity index (χ1v) is 9.46. The highest BCUT2D eigenvalue weighted by Gasteiger charge is 2.22. The lowest BCUT2D eigenvalue weighted by Gasteiger charge is -2.16. The molecule has 0 aliphatic carbocycles. The Bertz CT molecular complexity index is 1000. The third-order valence-corrected chi connectivity index (χ3v) is 4.85. The lowest BCUT2D eigenvalue weighted by Crippen LogP contribution is -2.18. The van der Waals surface area contributed by atoms with E-state index in [-0.39, 0.29) is 12.4 Å². The molecular weight excluding hydrogens is 399 g/mol. The molecule has 3 rings (SSSR count). The Kier molecular flexibility index (Phi) is 6.46. The Balaban J connectivity index is 2.15. The smallest absolute Gasteiger partial charge is 0.196 e. The monoisotopic (exact) mass is 418 g/mol. The van der Waals surface area contributed by atoms with Crippen LogP contribution in [0.1, 0.15) is 27.6 Å². The number of rotatable bonds is 7. The van der Waals surface area contributed by atoms with Gasteiger partial charge in [0.05, 0.1) is 10.7 Å². The van der Waals surface area contributed by atoms with Crippen LogP contribution in [0.5, 0.6) is 0 Å². The van der Waals surface area contributed by atoms with E-state index in [1.54, 1.807) is 47.0 Å².